The van der Waals surface area contributed by atoms with Gasteiger partial charge in [-0.3, -0.25) is 4.79 Å². The second kappa shape index (κ2) is 11.2. The van der Waals surface area contributed by atoms with Crippen LogP contribution in [0.15, 0.2) is 18.2 Å². The van der Waals surface area contributed by atoms with Gasteiger partial charge in [0, 0.05) is 18.7 Å². The zero-order valence-electron chi connectivity index (χ0n) is 12.9. The van der Waals surface area contributed by atoms with Crippen molar-refractivity contribution in [2.75, 3.05) is 32.8 Å². The average Bonchev–Trinajstić information content (AvgIpc) is 2.45. The number of benzene rings is 1. The molecule has 120 valence electrons. The zero-order chi connectivity index (χ0) is 14.8. The molecule has 0 atom stereocenters. The molecule has 1 amide bonds. The number of carbonyl (C=O) groups is 1. The van der Waals surface area contributed by atoms with Crippen molar-refractivity contribution in [3.8, 4) is 11.5 Å². The normalized spacial score (nSPS) is 9.67. The lowest BCUT2D eigenvalue weighted by Gasteiger charge is -2.12. The summed E-state index contributed by atoms with van der Waals surface area (Å²) in [5.41, 5.74) is 0.577. The zero-order valence-corrected chi connectivity index (χ0v) is 13.7. The molecule has 0 saturated carbocycles. The number of likely N-dealkylation sites (N-methyl/N-ethyl adjacent to an activating group) is 1. The Hall–Kier alpha value is -1.46. The molecule has 1 rings (SSSR count). The predicted molar refractivity (Wildman–Crippen MR) is 86.9 cm³/mol. The number of hydrogen-bond donors (Lipinski definition) is 2. The molecular weight excluding hydrogens is 292 g/mol. The molecule has 0 saturated heterocycles. The highest BCUT2D eigenvalue weighted by atomic mass is 35.5. The first-order chi connectivity index (χ1) is 9.72. The van der Waals surface area contributed by atoms with E-state index >= 15 is 0 Å². The highest BCUT2D eigenvalue weighted by molar-refractivity contribution is 5.94. The number of ether oxygens (including phenoxy) is 2. The molecule has 0 radical (unpaired) electrons. The van der Waals surface area contributed by atoms with E-state index in [4.69, 9.17) is 9.47 Å². The van der Waals surface area contributed by atoms with Crippen LogP contribution < -0.4 is 20.1 Å². The number of hydrogen-bond acceptors (Lipinski definition) is 4. The Bertz CT molecular complexity index is 427. The summed E-state index contributed by atoms with van der Waals surface area (Å²) in [4.78, 5) is 12.0. The van der Waals surface area contributed by atoms with Crippen LogP contribution in [0.5, 0.6) is 11.5 Å². The third-order valence-electron chi connectivity index (χ3n) is 2.64. The Morgan fingerprint density at radius 3 is 2.33 bits per heavy atom. The van der Waals surface area contributed by atoms with Crippen LogP contribution in [0.2, 0.25) is 0 Å². The third-order valence-corrected chi connectivity index (χ3v) is 2.64. The van der Waals surface area contributed by atoms with Crippen molar-refractivity contribution < 1.29 is 14.3 Å². The Labute approximate surface area is 132 Å². The van der Waals surface area contributed by atoms with Gasteiger partial charge in [-0.15, -0.1) is 12.4 Å². The van der Waals surface area contributed by atoms with Gasteiger partial charge in [0.05, 0.1) is 13.2 Å². The minimum Gasteiger partial charge on any atom is -0.490 e. The Morgan fingerprint density at radius 2 is 1.71 bits per heavy atom. The third kappa shape index (κ3) is 6.69. The van der Waals surface area contributed by atoms with E-state index in [0.29, 0.717) is 36.8 Å². The van der Waals surface area contributed by atoms with Crippen molar-refractivity contribution in [2.45, 2.75) is 20.8 Å². The predicted octanol–water partition coefficient (Wildman–Crippen LogP) is 2.25. The first-order valence-corrected chi connectivity index (χ1v) is 7.11. The molecule has 1 aromatic rings. The minimum absolute atomic E-state index is 0. The SMILES string of the molecule is CCNCCNC(=O)c1ccc(OCC)c(OCC)c1.Cl. The fourth-order valence-corrected chi connectivity index (χ4v) is 1.74. The molecular formula is C15H25ClN2O3. The fraction of sp³-hybridized carbons (Fsp3) is 0.533. The van der Waals surface area contributed by atoms with Crippen LogP contribution in [0, 0.1) is 0 Å². The fourth-order valence-electron chi connectivity index (χ4n) is 1.74. The molecule has 0 fully saturated rings. The Kier molecular flexibility index (Phi) is 10.4. The highest BCUT2D eigenvalue weighted by Crippen LogP contribution is 2.28. The summed E-state index contributed by atoms with van der Waals surface area (Å²) in [5, 5.41) is 6.01. The number of amides is 1. The Morgan fingerprint density at radius 1 is 1.05 bits per heavy atom. The quantitative estimate of drug-likeness (QED) is 0.686. The van der Waals surface area contributed by atoms with Gasteiger partial charge >= 0.3 is 0 Å². The Balaban J connectivity index is 0.00000400. The molecule has 0 aliphatic heterocycles. The second-order valence-electron chi connectivity index (χ2n) is 4.14. The lowest BCUT2D eigenvalue weighted by molar-refractivity contribution is 0.0953. The van der Waals surface area contributed by atoms with E-state index in [9.17, 15) is 4.79 Å². The summed E-state index contributed by atoms with van der Waals surface area (Å²) in [6.45, 7) is 9.20. The highest BCUT2D eigenvalue weighted by Gasteiger charge is 2.10. The van der Waals surface area contributed by atoms with Gasteiger partial charge in [-0.05, 0) is 38.6 Å². The topological polar surface area (TPSA) is 59.6 Å². The number of halogens is 1. The summed E-state index contributed by atoms with van der Waals surface area (Å²) < 4.78 is 11.0. The van der Waals surface area contributed by atoms with Crippen LogP contribution in [0.3, 0.4) is 0 Å². The standard InChI is InChI=1S/C15H24N2O3.ClH/c1-4-16-9-10-17-15(18)12-7-8-13(19-5-2)14(11-12)20-6-3;/h7-8,11,16H,4-6,9-10H2,1-3H3,(H,17,18);1H. The van der Waals surface area contributed by atoms with Crippen LogP contribution in [0.1, 0.15) is 31.1 Å². The van der Waals surface area contributed by atoms with Gasteiger partial charge in [0.15, 0.2) is 11.5 Å². The molecule has 0 aromatic heterocycles. The average molecular weight is 317 g/mol. The van der Waals surface area contributed by atoms with Crippen LogP contribution in [-0.2, 0) is 0 Å². The maximum atomic E-state index is 12.0. The number of carbonyl (C=O) groups excluding carboxylic acids is 1. The van der Waals surface area contributed by atoms with Crippen LogP contribution >= 0.6 is 12.4 Å². The lowest BCUT2D eigenvalue weighted by Crippen LogP contribution is -2.31. The van der Waals surface area contributed by atoms with Gasteiger partial charge in [0.1, 0.15) is 0 Å². The molecule has 0 unspecified atom stereocenters. The maximum Gasteiger partial charge on any atom is 0.251 e. The second-order valence-corrected chi connectivity index (χ2v) is 4.14. The molecule has 1 aromatic carbocycles. The van der Waals surface area contributed by atoms with Gasteiger partial charge in [-0.1, -0.05) is 6.92 Å². The van der Waals surface area contributed by atoms with Crippen LogP contribution in [0.4, 0.5) is 0 Å². The van der Waals surface area contributed by atoms with Crippen molar-refractivity contribution in [3.63, 3.8) is 0 Å². The molecule has 0 heterocycles. The molecule has 6 heteroatoms. The van der Waals surface area contributed by atoms with Crippen LogP contribution in [0.25, 0.3) is 0 Å². The van der Waals surface area contributed by atoms with E-state index in [1.54, 1.807) is 18.2 Å². The van der Waals surface area contributed by atoms with E-state index < -0.39 is 0 Å². The number of rotatable bonds is 9. The first kappa shape index (κ1) is 19.5. The van der Waals surface area contributed by atoms with Crippen molar-refractivity contribution >= 4 is 18.3 Å². The van der Waals surface area contributed by atoms with Gasteiger partial charge in [-0.25, -0.2) is 0 Å². The number of nitrogens with one attached hydrogen (secondary N) is 2. The van der Waals surface area contributed by atoms with E-state index in [2.05, 4.69) is 10.6 Å². The first-order valence-electron chi connectivity index (χ1n) is 7.11. The van der Waals surface area contributed by atoms with Gasteiger partial charge < -0.3 is 20.1 Å². The van der Waals surface area contributed by atoms with E-state index in [-0.39, 0.29) is 18.3 Å². The van der Waals surface area contributed by atoms with Gasteiger partial charge in [-0.2, -0.15) is 0 Å². The molecule has 21 heavy (non-hydrogen) atoms. The molecule has 0 aliphatic rings. The smallest absolute Gasteiger partial charge is 0.251 e. The van der Waals surface area contributed by atoms with Crippen LogP contribution in [-0.4, -0.2) is 38.8 Å². The summed E-state index contributed by atoms with van der Waals surface area (Å²) in [6, 6.07) is 5.24. The molecule has 2 N–H and O–H groups in total. The van der Waals surface area contributed by atoms with Gasteiger partial charge in [0.2, 0.25) is 0 Å². The summed E-state index contributed by atoms with van der Waals surface area (Å²) in [5.74, 6) is 1.17. The van der Waals surface area contributed by atoms with Crippen molar-refractivity contribution in [1.29, 1.82) is 0 Å². The largest absolute Gasteiger partial charge is 0.490 e. The summed E-state index contributed by atoms with van der Waals surface area (Å²) >= 11 is 0. The summed E-state index contributed by atoms with van der Waals surface area (Å²) in [7, 11) is 0. The molecule has 0 aliphatic carbocycles. The lowest BCUT2D eigenvalue weighted by atomic mass is 10.2. The molecule has 0 bridgehead atoms. The van der Waals surface area contributed by atoms with E-state index in [1.165, 1.54) is 0 Å². The minimum atomic E-state index is -0.105. The van der Waals surface area contributed by atoms with E-state index in [1.807, 2.05) is 20.8 Å². The summed E-state index contributed by atoms with van der Waals surface area (Å²) in [6.07, 6.45) is 0. The van der Waals surface area contributed by atoms with Gasteiger partial charge in [0.25, 0.3) is 5.91 Å². The van der Waals surface area contributed by atoms with E-state index in [0.717, 1.165) is 13.1 Å². The monoisotopic (exact) mass is 316 g/mol. The van der Waals surface area contributed by atoms with Crippen molar-refractivity contribution in [2.24, 2.45) is 0 Å². The van der Waals surface area contributed by atoms with Crippen molar-refractivity contribution in [3.05, 3.63) is 23.8 Å². The van der Waals surface area contributed by atoms with Crippen molar-refractivity contribution in [1.82, 2.24) is 10.6 Å². The molecule has 5 nitrogen and oxygen atoms in total. The maximum absolute atomic E-state index is 12.0. The molecule has 0 spiro atoms.